The molecule has 2 aliphatic rings. The molecule has 2 fully saturated rings. The fraction of sp³-hybridized carbons (Fsp3) is 0.833. The highest BCUT2D eigenvalue weighted by molar-refractivity contribution is 5.95. The van der Waals surface area contributed by atoms with Gasteiger partial charge in [-0.3, -0.25) is 19.8 Å². The Hall–Kier alpha value is -1.63. The average molecular weight is 353 g/mol. The summed E-state index contributed by atoms with van der Waals surface area (Å²) in [6.45, 7) is 3.54. The topological polar surface area (TPSA) is 87.7 Å². The fourth-order valence-corrected chi connectivity index (χ4v) is 3.22. The summed E-state index contributed by atoms with van der Waals surface area (Å²) in [5.41, 5.74) is 0. The van der Waals surface area contributed by atoms with E-state index in [4.69, 9.17) is 4.74 Å². The summed E-state index contributed by atoms with van der Waals surface area (Å²) < 4.78 is 4.94. The van der Waals surface area contributed by atoms with Crippen LogP contribution in [0.1, 0.15) is 58.3 Å². The molecule has 0 aromatic heterocycles. The van der Waals surface area contributed by atoms with Gasteiger partial charge in [-0.25, -0.2) is 4.79 Å². The summed E-state index contributed by atoms with van der Waals surface area (Å²) in [5, 5.41) is 5.30. The van der Waals surface area contributed by atoms with Gasteiger partial charge in [0.25, 0.3) is 0 Å². The Morgan fingerprint density at radius 2 is 1.80 bits per heavy atom. The van der Waals surface area contributed by atoms with Crippen molar-refractivity contribution < 1.29 is 19.1 Å². The number of esters is 1. The molecule has 0 saturated heterocycles. The van der Waals surface area contributed by atoms with Crippen LogP contribution in [0, 0.1) is 5.92 Å². The largest absolute Gasteiger partial charge is 0.466 e. The third-order valence-electron chi connectivity index (χ3n) is 4.71. The molecule has 2 rings (SSSR count). The van der Waals surface area contributed by atoms with E-state index >= 15 is 0 Å². The lowest BCUT2D eigenvalue weighted by atomic mass is 9.96. The van der Waals surface area contributed by atoms with Crippen molar-refractivity contribution in [1.82, 2.24) is 15.5 Å². The lowest BCUT2D eigenvalue weighted by Crippen LogP contribution is -2.48. The molecule has 142 valence electrons. The van der Waals surface area contributed by atoms with Gasteiger partial charge in [-0.05, 0) is 38.5 Å². The lowest BCUT2D eigenvalue weighted by Gasteiger charge is -2.24. The van der Waals surface area contributed by atoms with E-state index in [0.29, 0.717) is 19.1 Å². The molecule has 3 amide bonds. The Morgan fingerprint density at radius 3 is 2.44 bits per heavy atom. The van der Waals surface area contributed by atoms with Gasteiger partial charge in [-0.1, -0.05) is 19.3 Å². The second kappa shape index (κ2) is 10.4. The van der Waals surface area contributed by atoms with Crippen LogP contribution in [0.25, 0.3) is 0 Å². The molecule has 0 unspecified atom stereocenters. The van der Waals surface area contributed by atoms with Crippen LogP contribution >= 0.6 is 0 Å². The van der Waals surface area contributed by atoms with Crippen LogP contribution in [0.5, 0.6) is 0 Å². The van der Waals surface area contributed by atoms with Crippen LogP contribution < -0.4 is 10.6 Å². The summed E-state index contributed by atoms with van der Waals surface area (Å²) >= 11 is 0. The van der Waals surface area contributed by atoms with Crippen molar-refractivity contribution in [2.45, 2.75) is 64.3 Å². The van der Waals surface area contributed by atoms with Gasteiger partial charge in [0.1, 0.15) is 0 Å². The van der Waals surface area contributed by atoms with E-state index in [-0.39, 0.29) is 30.9 Å². The molecule has 2 saturated carbocycles. The molecular weight excluding hydrogens is 322 g/mol. The molecule has 7 heteroatoms. The maximum absolute atomic E-state index is 12.1. The maximum atomic E-state index is 12.1. The van der Waals surface area contributed by atoms with Gasteiger partial charge in [0, 0.05) is 19.1 Å². The summed E-state index contributed by atoms with van der Waals surface area (Å²) in [5.74, 6) is 0.0302. The van der Waals surface area contributed by atoms with E-state index in [1.165, 1.54) is 19.3 Å². The van der Waals surface area contributed by atoms with E-state index < -0.39 is 6.03 Å². The zero-order valence-corrected chi connectivity index (χ0v) is 15.2. The van der Waals surface area contributed by atoms with Gasteiger partial charge < -0.3 is 10.1 Å². The number of rotatable bonds is 9. The number of hydrogen-bond acceptors (Lipinski definition) is 5. The first-order valence-corrected chi connectivity index (χ1v) is 9.55. The molecular formula is C18H31N3O4. The van der Waals surface area contributed by atoms with Crippen LogP contribution in [-0.4, -0.2) is 55.1 Å². The minimum absolute atomic E-state index is 0.133. The second-order valence-corrected chi connectivity index (χ2v) is 7.09. The maximum Gasteiger partial charge on any atom is 0.321 e. The van der Waals surface area contributed by atoms with Crippen LogP contribution in [0.3, 0.4) is 0 Å². The number of urea groups is 1. The Bertz CT molecular complexity index is 459. The van der Waals surface area contributed by atoms with Crippen molar-refractivity contribution >= 4 is 17.9 Å². The first kappa shape index (κ1) is 19.7. The van der Waals surface area contributed by atoms with Gasteiger partial charge >= 0.3 is 12.0 Å². The average Bonchev–Trinajstić information content (AvgIpc) is 3.37. The normalized spacial score (nSPS) is 18.0. The summed E-state index contributed by atoms with van der Waals surface area (Å²) in [7, 11) is 0. The molecule has 0 aromatic rings. The number of nitrogens with zero attached hydrogens (tertiary/aromatic N) is 1. The van der Waals surface area contributed by atoms with E-state index in [1.807, 2.05) is 4.90 Å². The van der Waals surface area contributed by atoms with Crippen LogP contribution in [0.15, 0.2) is 0 Å². The van der Waals surface area contributed by atoms with E-state index in [9.17, 15) is 14.4 Å². The number of hydrogen-bond donors (Lipinski definition) is 2. The Balaban J connectivity index is 1.71. The standard InChI is InChI=1S/C18H31N3O4/c1-2-25-17(23)10-11-21(12-14-8-9-14)13-16(22)20-18(24)19-15-6-4-3-5-7-15/h14-15H,2-13H2,1H3,(H2,19,20,22,24). The SMILES string of the molecule is CCOC(=O)CCN(CC(=O)NC(=O)NC1CCCCC1)CC1CC1. The number of carbonyl (C=O) groups is 3. The van der Waals surface area contributed by atoms with Crippen molar-refractivity contribution in [2.75, 3.05) is 26.2 Å². The summed E-state index contributed by atoms with van der Waals surface area (Å²) in [6, 6.07) is -0.235. The third kappa shape index (κ3) is 8.34. The van der Waals surface area contributed by atoms with Crippen LogP contribution in [0.4, 0.5) is 4.79 Å². The Morgan fingerprint density at radius 1 is 1.08 bits per heavy atom. The Labute approximate surface area is 149 Å². The number of nitrogens with one attached hydrogen (secondary N) is 2. The minimum Gasteiger partial charge on any atom is -0.466 e. The number of amides is 3. The quantitative estimate of drug-likeness (QED) is 0.617. The van der Waals surface area contributed by atoms with Gasteiger partial charge in [-0.15, -0.1) is 0 Å². The van der Waals surface area contributed by atoms with Crippen molar-refractivity contribution in [3.05, 3.63) is 0 Å². The van der Waals surface area contributed by atoms with E-state index in [1.54, 1.807) is 6.92 Å². The smallest absolute Gasteiger partial charge is 0.321 e. The minimum atomic E-state index is -0.409. The van der Waals surface area contributed by atoms with Crippen molar-refractivity contribution in [3.8, 4) is 0 Å². The lowest BCUT2D eigenvalue weighted by molar-refractivity contribution is -0.143. The van der Waals surface area contributed by atoms with Gasteiger partial charge in [0.2, 0.25) is 5.91 Å². The zero-order chi connectivity index (χ0) is 18.1. The zero-order valence-electron chi connectivity index (χ0n) is 15.2. The predicted molar refractivity (Wildman–Crippen MR) is 94.0 cm³/mol. The van der Waals surface area contributed by atoms with Gasteiger partial charge in [0.15, 0.2) is 0 Å². The molecule has 7 nitrogen and oxygen atoms in total. The molecule has 0 aliphatic heterocycles. The molecule has 0 radical (unpaired) electrons. The third-order valence-corrected chi connectivity index (χ3v) is 4.71. The van der Waals surface area contributed by atoms with Crippen molar-refractivity contribution in [2.24, 2.45) is 5.92 Å². The molecule has 25 heavy (non-hydrogen) atoms. The molecule has 0 spiro atoms. The van der Waals surface area contributed by atoms with Gasteiger partial charge in [-0.2, -0.15) is 0 Å². The predicted octanol–water partition coefficient (Wildman–Crippen LogP) is 1.81. The molecule has 0 atom stereocenters. The molecule has 0 heterocycles. The van der Waals surface area contributed by atoms with Crippen LogP contribution in [0.2, 0.25) is 0 Å². The van der Waals surface area contributed by atoms with E-state index in [0.717, 1.165) is 32.2 Å². The monoisotopic (exact) mass is 353 g/mol. The van der Waals surface area contributed by atoms with Crippen LogP contribution in [-0.2, 0) is 14.3 Å². The Kier molecular flexibility index (Phi) is 8.18. The fourth-order valence-electron chi connectivity index (χ4n) is 3.22. The highest BCUT2D eigenvalue weighted by atomic mass is 16.5. The molecule has 2 N–H and O–H groups in total. The number of carbonyl (C=O) groups excluding carboxylic acids is 3. The number of imide groups is 1. The first-order valence-electron chi connectivity index (χ1n) is 9.55. The second-order valence-electron chi connectivity index (χ2n) is 7.09. The molecule has 0 aromatic carbocycles. The van der Waals surface area contributed by atoms with Crippen molar-refractivity contribution in [1.29, 1.82) is 0 Å². The molecule has 2 aliphatic carbocycles. The summed E-state index contributed by atoms with van der Waals surface area (Å²) in [4.78, 5) is 37.6. The first-order chi connectivity index (χ1) is 12.1. The van der Waals surface area contributed by atoms with E-state index in [2.05, 4.69) is 10.6 Å². The highest BCUT2D eigenvalue weighted by Gasteiger charge is 2.26. The highest BCUT2D eigenvalue weighted by Crippen LogP contribution is 2.29. The molecule has 0 bridgehead atoms. The van der Waals surface area contributed by atoms with Gasteiger partial charge in [0.05, 0.1) is 19.6 Å². The summed E-state index contributed by atoms with van der Waals surface area (Å²) in [6.07, 6.45) is 8.03. The van der Waals surface area contributed by atoms with Crippen molar-refractivity contribution in [3.63, 3.8) is 0 Å². The number of ether oxygens (including phenoxy) is 1.